The molecular weight excluding hydrogens is 192 g/mol. The molecule has 0 aromatic heterocycles. The SMILES string of the molecule is CNC(=O)CCCNC(=O)CCC(C)C. The summed E-state index contributed by atoms with van der Waals surface area (Å²) in [6.45, 7) is 4.78. The zero-order chi connectivity index (χ0) is 11.7. The zero-order valence-corrected chi connectivity index (χ0v) is 9.93. The number of rotatable bonds is 7. The van der Waals surface area contributed by atoms with E-state index in [0.717, 1.165) is 6.42 Å². The van der Waals surface area contributed by atoms with Gasteiger partial charge in [-0.3, -0.25) is 9.59 Å². The Kier molecular flexibility index (Phi) is 7.68. The Morgan fingerprint density at radius 3 is 2.33 bits per heavy atom. The molecule has 2 amide bonds. The first-order chi connectivity index (χ1) is 7.06. The van der Waals surface area contributed by atoms with Gasteiger partial charge in [-0.05, 0) is 18.8 Å². The van der Waals surface area contributed by atoms with E-state index in [9.17, 15) is 9.59 Å². The van der Waals surface area contributed by atoms with Crippen molar-refractivity contribution >= 4 is 11.8 Å². The van der Waals surface area contributed by atoms with Crippen LogP contribution >= 0.6 is 0 Å². The van der Waals surface area contributed by atoms with Gasteiger partial charge in [-0.15, -0.1) is 0 Å². The van der Waals surface area contributed by atoms with Gasteiger partial charge in [0.1, 0.15) is 0 Å². The van der Waals surface area contributed by atoms with Crippen molar-refractivity contribution < 1.29 is 9.59 Å². The van der Waals surface area contributed by atoms with E-state index in [-0.39, 0.29) is 11.8 Å². The number of carbonyl (C=O) groups excluding carboxylic acids is 2. The van der Waals surface area contributed by atoms with Gasteiger partial charge in [0.25, 0.3) is 0 Å². The van der Waals surface area contributed by atoms with Crippen molar-refractivity contribution in [2.75, 3.05) is 13.6 Å². The van der Waals surface area contributed by atoms with E-state index in [0.29, 0.717) is 31.7 Å². The summed E-state index contributed by atoms with van der Waals surface area (Å²) in [5.41, 5.74) is 0. The Balaban J connectivity index is 3.35. The first kappa shape index (κ1) is 13.9. The second-order valence-electron chi connectivity index (χ2n) is 4.06. The lowest BCUT2D eigenvalue weighted by atomic mass is 10.1. The van der Waals surface area contributed by atoms with E-state index in [2.05, 4.69) is 24.5 Å². The van der Waals surface area contributed by atoms with Crippen LogP contribution in [0.1, 0.15) is 39.5 Å². The fourth-order valence-corrected chi connectivity index (χ4v) is 1.11. The lowest BCUT2D eigenvalue weighted by molar-refractivity contribution is -0.122. The first-order valence-electron chi connectivity index (χ1n) is 5.53. The second kappa shape index (κ2) is 8.26. The molecule has 0 aromatic rings. The van der Waals surface area contributed by atoms with Crippen LogP contribution in [0.25, 0.3) is 0 Å². The average Bonchev–Trinajstić information content (AvgIpc) is 2.21. The molecule has 0 radical (unpaired) electrons. The van der Waals surface area contributed by atoms with Crippen LogP contribution in [0, 0.1) is 5.92 Å². The summed E-state index contributed by atoms with van der Waals surface area (Å²) >= 11 is 0. The van der Waals surface area contributed by atoms with Gasteiger partial charge in [-0.1, -0.05) is 13.8 Å². The van der Waals surface area contributed by atoms with Gasteiger partial charge in [0.15, 0.2) is 0 Å². The summed E-state index contributed by atoms with van der Waals surface area (Å²) in [6, 6.07) is 0. The summed E-state index contributed by atoms with van der Waals surface area (Å²) < 4.78 is 0. The zero-order valence-electron chi connectivity index (χ0n) is 9.93. The molecule has 0 heterocycles. The second-order valence-corrected chi connectivity index (χ2v) is 4.06. The van der Waals surface area contributed by atoms with Crippen LogP contribution in [-0.4, -0.2) is 25.4 Å². The van der Waals surface area contributed by atoms with Gasteiger partial charge in [-0.25, -0.2) is 0 Å². The molecule has 4 heteroatoms. The molecule has 0 unspecified atom stereocenters. The van der Waals surface area contributed by atoms with Crippen LogP contribution in [0.5, 0.6) is 0 Å². The Hall–Kier alpha value is -1.06. The predicted octanol–water partition coefficient (Wildman–Crippen LogP) is 1.06. The highest BCUT2D eigenvalue weighted by molar-refractivity contribution is 5.76. The Morgan fingerprint density at radius 2 is 1.80 bits per heavy atom. The van der Waals surface area contributed by atoms with Crippen molar-refractivity contribution in [1.29, 1.82) is 0 Å². The summed E-state index contributed by atoms with van der Waals surface area (Å²) in [4.78, 5) is 22.1. The van der Waals surface area contributed by atoms with E-state index in [4.69, 9.17) is 0 Å². The summed E-state index contributed by atoms with van der Waals surface area (Å²) in [6.07, 6.45) is 2.67. The maximum Gasteiger partial charge on any atom is 0.220 e. The van der Waals surface area contributed by atoms with Crippen molar-refractivity contribution in [2.45, 2.75) is 39.5 Å². The van der Waals surface area contributed by atoms with Crippen molar-refractivity contribution in [2.24, 2.45) is 5.92 Å². The predicted molar refractivity (Wildman–Crippen MR) is 60.4 cm³/mol. The van der Waals surface area contributed by atoms with Crippen molar-refractivity contribution in [3.05, 3.63) is 0 Å². The van der Waals surface area contributed by atoms with Crippen LogP contribution in [0.2, 0.25) is 0 Å². The van der Waals surface area contributed by atoms with Gasteiger partial charge < -0.3 is 10.6 Å². The molecule has 0 fully saturated rings. The van der Waals surface area contributed by atoms with Crippen molar-refractivity contribution in [3.8, 4) is 0 Å². The van der Waals surface area contributed by atoms with Crippen LogP contribution in [-0.2, 0) is 9.59 Å². The summed E-state index contributed by atoms with van der Waals surface area (Å²) in [5, 5.41) is 5.34. The Labute approximate surface area is 91.8 Å². The fraction of sp³-hybridized carbons (Fsp3) is 0.818. The maximum atomic E-state index is 11.3. The fourth-order valence-electron chi connectivity index (χ4n) is 1.11. The van der Waals surface area contributed by atoms with Gasteiger partial charge in [0, 0.05) is 26.4 Å². The van der Waals surface area contributed by atoms with Gasteiger partial charge in [-0.2, -0.15) is 0 Å². The number of hydrogen-bond acceptors (Lipinski definition) is 2. The molecule has 0 spiro atoms. The standard InChI is InChI=1S/C11H22N2O2/c1-9(2)6-7-11(15)13-8-4-5-10(14)12-3/h9H,4-8H2,1-3H3,(H,12,14)(H,13,15). The molecule has 0 atom stereocenters. The van der Waals surface area contributed by atoms with Gasteiger partial charge in [0.05, 0.1) is 0 Å². The number of carbonyl (C=O) groups is 2. The summed E-state index contributed by atoms with van der Waals surface area (Å²) in [7, 11) is 1.61. The molecule has 0 saturated carbocycles. The van der Waals surface area contributed by atoms with Gasteiger partial charge in [0.2, 0.25) is 11.8 Å². The normalized spacial score (nSPS) is 10.1. The highest BCUT2D eigenvalue weighted by Crippen LogP contribution is 2.02. The molecule has 0 aliphatic heterocycles. The Bertz CT molecular complexity index is 203. The van der Waals surface area contributed by atoms with Crippen LogP contribution in [0.4, 0.5) is 0 Å². The third kappa shape index (κ3) is 9.25. The monoisotopic (exact) mass is 214 g/mol. The molecule has 0 aromatic carbocycles. The molecule has 0 bridgehead atoms. The molecule has 15 heavy (non-hydrogen) atoms. The lowest BCUT2D eigenvalue weighted by Gasteiger charge is -2.06. The maximum absolute atomic E-state index is 11.3. The topological polar surface area (TPSA) is 58.2 Å². The summed E-state index contributed by atoms with van der Waals surface area (Å²) in [5.74, 6) is 0.661. The van der Waals surface area contributed by atoms with E-state index in [1.54, 1.807) is 7.05 Å². The molecule has 0 aliphatic carbocycles. The van der Waals surface area contributed by atoms with Crippen LogP contribution in [0.15, 0.2) is 0 Å². The molecule has 0 saturated heterocycles. The molecule has 0 rings (SSSR count). The van der Waals surface area contributed by atoms with E-state index in [1.165, 1.54) is 0 Å². The van der Waals surface area contributed by atoms with Crippen LogP contribution in [0.3, 0.4) is 0 Å². The number of nitrogens with one attached hydrogen (secondary N) is 2. The smallest absolute Gasteiger partial charge is 0.220 e. The van der Waals surface area contributed by atoms with E-state index in [1.807, 2.05) is 0 Å². The number of amides is 2. The Morgan fingerprint density at radius 1 is 1.13 bits per heavy atom. The highest BCUT2D eigenvalue weighted by atomic mass is 16.2. The third-order valence-corrected chi connectivity index (χ3v) is 2.13. The minimum atomic E-state index is 0.0198. The number of hydrogen-bond donors (Lipinski definition) is 2. The minimum absolute atomic E-state index is 0.0198. The van der Waals surface area contributed by atoms with Gasteiger partial charge >= 0.3 is 0 Å². The molecule has 2 N–H and O–H groups in total. The largest absolute Gasteiger partial charge is 0.359 e. The quantitative estimate of drug-likeness (QED) is 0.623. The van der Waals surface area contributed by atoms with E-state index < -0.39 is 0 Å². The highest BCUT2D eigenvalue weighted by Gasteiger charge is 2.03. The molecular formula is C11H22N2O2. The van der Waals surface area contributed by atoms with Crippen LogP contribution < -0.4 is 10.6 Å². The minimum Gasteiger partial charge on any atom is -0.359 e. The average molecular weight is 214 g/mol. The molecule has 4 nitrogen and oxygen atoms in total. The van der Waals surface area contributed by atoms with E-state index >= 15 is 0 Å². The molecule has 88 valence electrons. The molecule has 0 aliphatic rings. The lowest BCUT2D eigenvalue weighted by Crippen LogP contribution is -2.26. The van der Waals surface area contributed by atoms with Crippen molar-refractivity contribution in [1.82, 2.24) is 10.6 Å². The van der Waals surface area contributed by atoms with Crippen molar-refractivity contribution in [3.63, 3.8) is 0 Å². The first-order valence-corrected chi connectivity index (χ1v) is 5.53. The third-order valence-electron chi connectivity index (χ3n) is 2.13.